The third kappa shape index (κ3) is 3.46. The molecule has 96 valence electrons. The summed E-state index contributed by atoms with van der Waals surface area (Å²) in [5, 5.41) is 3.70. The normalized spacial score (nSPS) is 18.7. The maximum atomic E-state index is 3.70. The van der Waals surface area contributed by atoms with Crippen molar-refractivity contribution in [3.63, 3.8) is 0 Å². The lowest BCUT2D eigenvalue weighted by molar-refractivity contribution is 0.352. The van der Waals surface area contributed by atoms with Crippen molar-refractivity contribution in [2.45, 2.75) is 46.6 Å². The summed E-state index contributed by atoms with van der Waals surface area (Å²) in [7, 11) is 0. The van der Waals surface area contributed by atoms with Crippen LogP contribution < -0.4 is 5.32 Å². The summed E-state index contributed by atoms with van der Waals surface area (Å²) in [6.45, 7) is 10.2. The van der Waals surface area contributed by atoms with Crippen molar-refractivity contribution in [3.05, 3.63) is 34.9 Å². The van der Waals surface area contributed by atoms with E-state index in [1.807, 2.05) is 0 Å². The third-order valence-corrected chi connectivity index (χ3v) is 3.38. The molecule has 0 radical (unpaired) electrons. The van der Waals surface area contributed by atoms with Gasteiger partial charge >= 0.3 is 0 Å². The Morgan fingerprint density at radius 2 is 2.00 bits per heavy atom. The van der Waals surface area contributed by atoms with E-state index in [0.29, 0.717) is 11.5 Å². The van der Waals surface area contributed by atoms with E-state index in [4.69, 9.17) is 0 Å². The molecule has 0 spiro atoms. The monoisotopic (exact) mass is 253 g/mol. The van der Waals surface area contributed by atoms with Gasteiger partial charge in [-0.05, 0) is 41.9 Å². The van der Waals surface area contributed by atoms with Gasteiger partial charge in [-0.1, -0.05) is 39.0 Å². The summed E-state index contributed by atoms with van der Waals surface area (Å²) >= 11 is 0. The van der Waals surface area contributed by atoms with E-state index in [2.05, 4.69) is 51.2 Å². The second-order valence-electron chi connectivity index (χ2n) is 6.18. The Labute approximate surface area is 111 Å². The number of aryl methyl sites for hydroxylation is 1. The molecule has 1 aliphatic rings. The van der Waals surface area contributed by atoms with Crippen LogP contribution in [0.25, 0.3) is 0 Å². The summed E-state index contributed by atoms with van der Waals surface area (Å²) in [6.07, 6.45) is 2.50. The maximum Gasteiger partial charge on any atom is 0.0326 e. The number of rotatable bonds is 2. The molecule has 0 heterocycles. The van der Waals surface area contributed by atoms with Gasteiger partial charge in [-0.25, -0.2) is 0 Å². The summed E-state index contributed by atoms with van der Waals surface area (Å²) < 4.78 is 0. The van der Waals surface area contributed by atoms with Gasteiger partial charge in [0.05, 0.1) is 0 Å². The van der Waals surface area contributed by atoms with Crippen LogP contribution in [0.5, 0.6) is 0 Å². The zero-order valence-corrected chi connectivity index (χ0v) is 12.2. The molecule has 0 aromatic heterocycles. The average molecular weight is 254 g/mol. The maximum absolute atomic E-state index is 3.70. The fourth-order valence-corrected chi connectivity index (χ4v) is 2.48. The van der Waals surface area contributed by atoms with Gasteiger partial charge in [-0.3, -0.25) is 0 Å². The van der Waals surface area contributed by atoms with Gasteiger partial charge in [0.25, 0.3) is 0 Å². The molecule has 0 bridgehead atoms. The molecule has 1 unspecified atom stereocenters. The van der Waals surface area contributed by atoms with Gasteiger partial charge in [0.15, 0.2) is 0 Å². The Balaban J connectivity index is 0.00000144. The quantitative estimate of drug-likeness (QED) is 0.839. The van der Waals surface area contributed by atoms with Crippen molar-refractivity contribution in [2.24, 2.45) is 5.41 Å². The first kappa shape index (κ1) is 14.5. The number of halogens is 1. The molecule has 1 aromatic carbocycles. The number of hydrogen-bond acceptors (Lipinski definition) is 1. The molecule has 17 heavy (non-hydrogen) atoms. The third-order valence-electron chi connectivity index (χ3n) is 3.38. The summed E-state index contributed by atoms with van der Waals surface area (Å²) in [5.74, 6) is 0. The number of fused-ring (bicyclic) bond motifs is 1. The highest BCUT2D eigenvalue weighted by atomic mass is 35.5. The zero-order chi connectivity index (χ0) is 11.8. The highest BCUT2D eigenvalue weighted by Crippen LogP contribution is 2.33. The lowest BCUT2D eigenvalue weighted by Crippen LogP contribution is -2.29. The molecule has 2 rings (SSSR count). The van der Waals surface area contributed by atoms with Crippen molar-refractivity contribution in [1.82, 2.24) is 5.32 Å². The van der Waals surface area contributed by atoms with E-state index >= 15 is 0 Å². The van der Waals surface area contributed by atoms with Crippen molar-refractivity contribution in [2.75, 3.05) is 6.54 Å². The van der Waals surface area contributed by atoms with Gasteiger partial charge in [0.1, 0.15) is 0 Å². The lowest BCUT2D eigenvalue weighted by atomic mass is 9.96. The molecule has 1 nitrogen and oxygen atoms in total. The molecule has 0 fully saturated rings. The fraction of sp³-hybridized carbons (Fsp3) is 0.600. The molecule has 1 N–H and O–H groups in total. The number of hydrogen-bond donors (Lipinski definition) is 1. The van der Waals surface area contributed by atoms with Crippen molar-refractivity contribution in [3.8, 4) is 0 Å². The first-order valence-corrected chi connectivity index (χ1v) is 6.29. The molecule has 1 aliphatic carbocycles. The Hall–Kier alpha value is -0.530. The smallest absolute Gasteiger partial charge is 0.0326 e. The molecule has 0 aliphatic heterocycles. The highest BCUT2D eigenvalue weighted by molar-refractivity contribution is 5.85. The minimum absolute atomic E-state index is 0. The van der Waals surface area contributed by atoms with Crippen LogP contribution in [-0.4, -0.2) is 6.54 Å². The minimum Gasteiger partial charge on any atom is -0.309 e. The fourth-order valence-electron chi connectivity index (χ4n) is 2.48. The summed E-state index contributed by atoms with van der Waals surface area (Å²) in [4.78, 5) is 0. The topological polar surface area (TPSA) is 12.0 Å². The number of benzene rings is 1. The molecule has 0 saturated heterocycles. The van der Waals surface area contributed by atoms with Crippen LogP contribution in [0.1, 0.15) is 49.9 Å². The van der Waals surface area contributed by atoms with Crippen LogP contribution >= 0.6 is 12.4 Å². The van der Waals surface area contributed by atoms with Crippen LogP contribution in [0.2, 0.25) is 0 Å². The van der Waals surface area contributed by atoms with Gasteiger partial charge in [0.2, 0.25) is 0 Å². The van der Waals surface area contributed by atoms with Gasteiger partial charge in [0, 0.05) is 12.6 Å². The van der Waals surface area contributed by atoms with E-state index in [1.54, 1.807) is 5.56 Å². The molecule has 2 heteroatoms. The van der Waals surface area contributed by atoms with Crippen LogP contribution in [0.4, 0.5) is 0 Å². The first-order chi connectivity index (χ1) is 7.47. The molecule has 0 amide bonds. The van der Waals surface area contributed by atoms with Gasteiger partial charge in [-0.15, -0.1) is 12.4 Å². The average Bonchev–Trinajstić information content (AvgIpc) is 2.58. The van der Waals surface area contributed by atoms with Crippen LogP contribution in [0.15, 0.2) is 18.2 Å². The Morgan fingerprint density at radius 3 is 2.65 bits per heavy atom. The minimum atomic E-state index is 0. The van der Waals surface area contributed by atoms with Gasteiger partial charge < -0.3 is 5.32 Å². The molecule has 1 atom stereocenters. The highest BCUT2D eigenvalue weighted by Gasteiger charge is 2.24. The molecule has 0 saturated carbocycles. The van der Waals surface area contributed by atoms with Gasteiger partial charge in [-0.2, -0.15) is 0 Å². The van der Waals surface area contributed by atoms with E-state index in [-0.39, 0.29) is 12.4 Å². The number of nitrogens with one attached hydrogen (secondary N) is 1. The zero-order valence-electron chi connectivity index (χ0n) is 11.3. The van der Waals surface area contributed by atoms with Crippen molar-refractivity contribution in [1.29, 1.82) is 0 Å². The SMILES string of the molecule is Cc1cccc2c1CCC2NCC(C)(C)C.Cl. The molecular formula is C15H24ClN. The van der Waals surface area contributed by atoms with Crippen LogP contribution in [0.3, 0.4) is 0 Å². The largest absolute Gasteiger partial charge is 0.309 e. The second kappa shape index (κ2) is 5.41. The van der Waals surface area contributed by atoms with Crippen molar-refractivity contribution >= 4 is 12.4 Å². The van der Waals surface area contributed by atoms with Crippen molar-refractivity contribution < 1.29 is 0 Å². The second-order valence-corrected chi connectivity index (χ2v) is 6.18. The van der Waals surface area contributed by atoms with E-state index in [0.717, 1.165) is 6.54 Å². The standard InChI is InChI=1S/C15H23N.ClH/c1-11-6-5-7-13-12(11)8-9-14(13)16-10-15(2,3)4;/h5-7,14,16H,8-10H2,1-4H3;1H. The lowest BCUT2D eigenvalue weighted by Gasteiger charge is -2.23. The Morgan fingerprint density at radius 1 is 1.29 bits per heavy atom. The van der Waals surface area contributed by atoms with E-state index < -0.39 is 0 Å². The molecular weight excluding hydrogens is 230 g/mol. The Kier molecular flexibility index (Phi) is 4.62. The first-order valence-electron chi connectivity index (χ1n) is 6.29. The van der Waals surface area contributed by atoms with E-state index in [9.17, 15) is 0 Å². The predicted molar refractivity (Wildman–Crippen MR) is 76.9 cm³/mol. The summed E-state index contributed by atoms with van der Waals surface area (Å²) in [5.41, 5.74) is 4.93. The predicted octanol–water partition coefficient (Wildman–Crippen LogP) is 4.04. The van der Waals surface area contributed by atoms with Crippen LogP contribution in [0, 0.1) is 12.3 Å². The molecule has 1 aromatic rings. The summed E-state index contributed by atoms with van der Waals surface area (Å²) in [6, 6.07) is 7.28. The van der Waals surface area contributed by atoms with Crippen LogP contribution in [-0.2, 0) is 6.42 Å². The Bertz CT molecular complexity index is 379. The van der Waals surface area contributed by atoms with E-state index in [1.165, 1.54) is 24.0 Å².